The first-order chi connectivity index (χ1) is 11.2. The molecule has 2 N–H and O–H groups in total. The molecule has 0 bridgehead atoms. The number of carbonyl (C=O) groups is 1. The maximum absolute atomic E-state index is 12.5. The Labute approximate surface area is 149 Å². The van der Waals surface area contributed by atoms with Gasteiger partial charge in [-0.25, -0.2) is 0 Å². The largest absolute Gasteiger partial charge is 0.343 e. The van der Waals surface area contributed by atoms with E-state index in [0.29, 0.717) is 24.1 Å². The molecule has 0 radical (unpaired) electrons. The van der Waals surface area contributed by atoms with Crippen molar-refractivity contribution < 1.29 is 9.32 Å². The number of nitrogens with one attached hydrogen (secondary N) is 2. The fraction of sp³-hybridized carbons (Fsp3) is 0.824. The first-order valence-corrected chi connectivity index (χ1v) is 9.00. The average molecular weight is 357 g/mol. The molecular weight excluding hydrogens is 328 g/mol. The van der Waals surface area contributed by atoms with Crippen LogP contribution in [0.25, 0.3) is 0 Å². The predicted octanol–water partition coefficient (Wildman–Crippen LogP) is 2.86. The number of carbonyl (C=O) groups excluding carboxylic acids is 1. The van der Waals surface area contributed by atoms with E-state index < -0.39 is 5.54 Å². The average Bonchev–Trinajstić information content (AvgIpc) is 3.15. The lowest BCUT2D eigenvalue weighted by Gasteiger charge is -2.31. The molecule has 1 amide bonds. The quantitative estimate of drug-likeness (QED) is 0.793. The van der Waals surface area contributed by atoms with Gasteiger partial charge in [0.05, 0.1) is 0 Å². The number of nitrogens with zero attached hydrogens (tertiary/aromatic N) is 2. The van der Waals surface area contributed by atoms with Gasteiger partial charge in [-0.2, -0.15) is 4.98 Å². The second-order valence-electron chi connectivity index (χ2n) is 7.08. The highest BCUT2D eigenvalue weighted by molar-refractivity contribution is 5.85. The zero-order valence-corrected chi connectivity index (χ0v) is 15.3. The number of aryl methyl sites for hydroxylation is 1. The smallest absolute Gasteiger partial charge is 0.223 e. The molecule has 24 heavy (non-hydrogen) atoms. The third-order valence-electron chi connectivity index (χ3n) is 5.23. The molecule has 136 valence electrons. The van der Waals surface area contributed by atoms with Crippen LogP contribution in [0.5, 0.6) is 0 Å². The van der Waals surface area contributed by atoms with Crippen molar-refractivity contribution in [3.63, 3.8) is 0 Å². The Morgan fingerprint density at radius 2 is 2.08 bits per heavy atom. The van der Waals surface area contributed by atoms with E-state index in [4.69, 9.17) is 4.52 Å². The molecule has 1 atom stereocenters. The summed E-state index contributed by atoms with van der Waals surface area (Å²) in [5.41, 5.74) is -0.431. The van der Waals surface area contributed by atoms with Gasteiger partial charge < -0.3 is 15.2 Å². The summed E-state index contributed by atoms with van der Waals surface area (Å²) < 4.78 is 5.19. The predicted molar refractivity (Wildman–Crippen MR) is 94.0 cm³/mol. The van der Waals surface area contributed by atoms with Crippen LogP contribution in [-0.2, 0) is 10.3 Å². The van der Waals surface area contributed by atoms with Gasteiger partial charge in [0, 0.05) is 13.3 Å². The highest BCUT2D eigenvalue weighted by atomic mass is 35.5. The zero-order chi connectivity index (χ0) is 16.1. The number of halogens is 1. The molecule has 2 aliphatic rings. The van der Waals surface area contributed by atoms with Crippen molar-refractivity contribution in [1.29, 1.82) is 0 Å². The molecule has 6 nitrogen and oxygen atoms in total. The van der Waals surface area contributed by atoms with E-state index in [1.54, 1.807) is 6.92 Å². The van der Waals surface area contributed by atoms with Gasteiger partial charge in [-0.1, -0.05) is 30.8 Å². The summed E-state index contributed by atoms with van der Waals surface area (Å²) in [7, 11) is 0. The van der Waals surface area contributed by atoms with Crippen molar-refractivity contribution in [2.75, 3.05) is 13.1 Å². The molecule has 0 aromatic carbocycles. The van der Waals surface area contributed by atoms with Crippen molar-refractivity contribution in [3.05, 3.63) is 11.7 Å². The van der Waals surface area contributed by atoms with Crippen LogP contribution in [-0.4, -0.2) is 29.1 Å². The molecule has 1 saturated heterocycles. The summed E-state index contributed by atoms with van der Waals surface area (Å²) in [5.74, 6) is 1.99. The van der Waals surface area contributed by atoms with Gasteiger partial charge in [0.2, 0.25) is 11.8 Å². The lowest BCUT2D eigenvalue weighted by atomic mass is 9.88. The number of hydrogen-bond donors (Lipinski definition) is 2. The van der Waals surface area contributed by atoms with Gasteiger partial charge in [-0.05, 0) is 44.7 Å². The van der Waals surface area contributed by atoms with Gasteiger partial charge in [-0.3, -0.25) is 4.79 Å². The molecule has 1 aliphatic heterocycles. The highest BCUT2D eigenvalue weighted by Crippen LogP contribution is 2.34. The Morgan fingerprint density at radius 3 is 2.67 bits per heavy atom. The molecule has 3 rings (SSSR count). The van der Waals surface area contributed by atoms with Gasteiger partial charge >= 0.3 is 0 Å². The third kappa shape index (κ3) is 4.70. The molecule has 2 fully saturated rings. The minimum atomic E-state index is -0.431. The molecule has 2 heterocycles. The Morgan fingerprint density at radius 1 is 1.33 bits per heavy atom. The van der Waals surface area contributed by atoms with Crippen LogP contribution in [0.3, 0.4) is 0 Å². The van der Waals surface area contributed by atoms with Gasteiger partial charge in [0.15, 0.2) is 5.82 Å². The molecule has 1 aromatic rings. The molecule has 0 spiro atoms. The van der Waals surface area contributed by atoms with Crippen LogP contribution in [0, 0.1) is 12.8 Å². The minimum Gasteiger partial charge on any atom is -0.343 e. The topological polar surface area (TPSA) is 80.0 Å². The maximum Gasteiger partial charge on any atom is 0.223 e. The van der Waals surface area contributed by atoms with E-state index in [0.717, 1.165) is 45.2 Å². The maximum atomic E-state index is 12.5. The standard InChI is InChI=1S/C17H28N4O2.ClH/c1-13-19-16(21-23-13)17(9-4-2-3-5-10-17)20-15(22)7-6-14-8-11-18-12-14;/h14,18H,2-12H2,1H3,(H,20,22);1H. The van der Waals surface area contributed by atoms with Crippen molar-refractivity contribution in [2.45, 2.75) is 70.3 Å². The lowest BCUT2D eigenvalue weighted by molar-refractivity contribution is -0.123. The summed E-state index contributed by atoms with van der Waals surface area (Å²) in [4.78, 5) is 17.0. The van der Waals surface area contributed by atoms with E-state index in [-0.39, 0.29) is 18.3 Å². The van der Waals surface area contributed by atoms with Gasteiger partial charge in [0.25, 0.3) is 0 Å². The van der Waals surface area contributed by atoms with Crippen molar-refractivity contribution in [3.8, 4) is 0 Å². The summed E-state index contributed by atoms with van der Waals surface area (Å²) >= 11 is 0. The molecule has 7 heteroatoms. The summed E-state index contributed by atoms with van der Waals surface area (Å²) in [5, 5.41) is 10.8. The van der Waals surface area contributed by atoms with E-state index in [1.807, 2.05) is 0 Å². The summed E-state index contributed by atoms with van der Waals surface area (Å²) in [6.45, 7) is 3.93. The summed E-state index contributed by atoms with van der Waals surface area (Å²) in [6.07, 6.45) is 9.16. The first kappa shape index (κ1) is 19.2. The fourth-order valence-corrected chi connectivity index (χ4v) is 3.86. The normalized spacial score (nSPS) is 23.3. The van der Waals surface area contributed by atoms with Crippen LogP contribution < -0.4 is 10.6 Å². The highest BCUT2D eigenvalue weighted by Gasteiger charge is 2.38. The van der Waals surface area contributed by atoms with E-state index >= 15 is 0 Å². The van der Waals surface area contributed by atoms with Crippen LogP contribution in [0.15, 0.2) is 4.52 Å². The van der Waals surface area contributed by atoms with Gasteiger partial charge in [-0.15, -0.1) is 12.4 Å². The first-order valence-electron chi connectivity index (χ1n) is 9.00. The number of aromatic nitrogens is 2. The Bertz CT molecular complexity index is 520. The SMILES string of the molecule is Cc1nc(C2(NC(=O)CCC3CCNC3)CCCCCC2)no1.Cl. The van der Waals surface area contributed by atoms with E-state index in [9.17, 15) is 4.79 Å². The van der Waals surface area contributed by atoms with E-state index in [2.05, 4.69) is 20.8 Å². The molecule has 1 aromatic heterocycles. The Kier molecular flexibility index (Phi) is 7.04. The number of hydrogen-bond acceptors (Lipinski definition) is 5. The molecule has 1 aliphatic carbocycles. The molecular formula is C17H29ClN4O2. The van der Waals surface area contributed by atoms with Crippen molar-refractivity contribution >= 4 is 18.3 Å². The van der Waals surface area contributed by atoms with Crippen LogP contribution in [0.1, 0.15) is 69.5 Å². The molecule has 1 saturated carbocycles. The molecule has 1 unspecified atom stereocenters. The Balaban J connectivity index is 0.00000208. The van der Waals surface area contributed by atoms with Crippen molar-refractivity contribution in [1.82, 2.24) is 20.8 Å². The summed E-state index contributed by atoms with van der Waals surface area (Å²) in [6, 6.07) is 0. The third-order valence-corrected chi connectivity index (χ3v) is 5.23. The van der Waals surface area contributed by atoms with Gasteiger partial charge in [0.1, 0.15) is 5.54 Å². The second-order valence-corrected chi connectivity index (χ2v) is 7.08. The van der Waals surface area contributed by atoms with Crippen LogP contribution in [0.2, 0.25) is 0 Å². The Hall–Kier alpha value is -1.14. The minimum absolute atomic E-state index is 0. The zero-order valence-electron chi connectivity index (χ0n) is 14.5. The number of rotatable bonds is 5. The van der Waals surface area contributed by atoms with E-state index in [1.165, 1.54) is 19.3 Å². The lowest BCUT2D eigenvalue weighted by Crippen LogP contribution is -2.46. The van der Waals surface area contributed by atoms with Crippen LogP contribution in [0.4, 0.5) is 0 Å². The second kappa shape index (κ2) is 8.81. The fourth-order valence-electron chi connectivity index (χ4n) is 3.86. The van der Waals surface area contributed by atoms with Crippen molar-refractivity contribution in [2.24, 2.45) is 5.92 Å². The number of amides is 1. The van der Waals surface area contributed by atoms with Crippen LogP contribution >= 0.6 is 12.4 Å². The monoisotopic (exact) mass is 356 g/mol.